The van der Waals surface area contributed by atoms with E-state index in [1.807, 2.05) is 44.2 Å². The van der Waals surface area contributed by atoms with Gasteiger partial charge < -0.3 is 68.3 Å². The number of unbranched alkanes of at least 4 members (excludes halogenated alkanes) is 2. The molecule has 0 spiro atoms. The highest BCUT2D eigenvalue weighted by atomic mass is 19.1. The van der Waals surface area contributed by atoms with Crippen molar-refractivity contribution in [2.24, 2.45) is 17.4 Å². The number of aromatic hydroxyl groups is 1. The van der Waals surface area contributed by atoms with Crippen LogP contribution >= 0.6 is 0 Å². The molecule has 8 unspecified atom stereocenters. The van der Waals surface area contributed by atoms with E-state index in [9.17, 15) is 48.2 Å². The molecule has 1 aromatic heterocycles. The monoisotopic (exact) mass is 1310 g/mol. The second kappa shape index (κ2) is 36.9. The minimum Gasteiger partial charge on any atom is -0.508 e. The lowest BCUT2D eigenvalue weighted by Crippen LogP contribution is -2.62. The zero-order valence-electron chi connectivity index (χ0n) is 55.1. The van der Waals surface area contributed by atoms with E-state index in [1.54, 1.807) is 56.3 Å². The number of carbonyl (C=O) groups is 10. The van der Waals surface area contributed by atoms with Crippen LogP contribution in [0.15, 0.2) is 115 Å². The Morgan fingerprint density at radius 1 is 0.684 bits per heavy atom. The molecule has 0 radical (unpaired) electrons. The van der Waals surface area contributed by atoms with Crippen LogP contribution in [0.2, 0.25) is 0 Å². The van der Waals surface area contributed by atoms with Crippen molar-refractivity contribution in [1.82, 2.24) is 51.6 Å². The second-order valence-corrected chi connectivity index (χ2v) is 24.8. The molecule has 1 saturated heterocycles. The van der Waals surface area contributed by atoms with Crippen molar-refractivity contribution in [1.29, 1.82) is 0 Å². The number of rotatable bonds is 36. The van der Waals surface area contributed by atoms with Gasteiger partial charge in [0.05, 0.1) is 6.61 Å². The lowest BCUT2D eigenvalue weighted by Gasteiger charge is -2.40. The number of pyridine rings is 1. The van der Waals surface area contributed by atoms with E-state index in [0.717, 1.165) is 15.7 Å². The molecule has 512 valence electrons. The Labute approximate surface area is 554 Å². The number of aliphatic hydroxyl groups excluding tert-OH is 1. The van der Waals surface area contributed by atoms with Crippen LogP contribution in [-0.2, 0) is 62.4 Å². The minimum atomic E-state index is -1.70. The maximum Gasteiger partial charge on any atom is 0.269 e. The number of nitrogens with zero attached hydrogens (tertiary/aromatic N) is 4. The number of carbonyl (C=O) groups excluding carboxylic acids is 10. The van der Waals surface area contributed by atoms with Gasteiger partial charge in [0.25, 0.3) is 5.91 Å². The fourth-order valence-electron chi connectivity index (χ4n) is 11.6. The van der Waals surface area contributed by atoms with Crippen LogP contribution < -0.4 is 43.4 Å². The van der Waals surface area contributed by atoms with Gasteiger partial charge in [0.2, 0.25) is 53.2 Å². The van der Waals surface area contributed by atoms with Crippen LogP contribution in [0.1, 0.15) is 126 Å². The third-order valence-corrected chi connectivity index (χ3v) is 16.8. The van der Waals surface area contributed by atoms with E-state index in [-0.39, 0.29) is 81.8 Å². The van der Waals surface area contributed by atoms with Gasteiger partial charge in [-0.1, -0.05) is 86.6 Å². The third kappa shape index (κ3) is 22.1. The molecular formula is C70H93FN12O12. The van der Waals surface area contributed by atoms with Crippen molar-refractivity contribution < 1.29 is 62.5 Å². The maximum atomic E-state index is 15.4. The highest BCUT2D eigenvalue weighted by Gasteiger charge is 2.44. The number of likely N-dealkylation sites (N-methyl/N-ethyl adjacent to an activating group) is 1. The Balaban J connectivity index is 1.30. The average Bonchev–Trinajstić information content (AvgIpc) is 1.80. The standard InChI is InChI=1S/C70H93FN12O12/c1-43(2)39-56(69(94)83(44(3)4)59(23-9-12-35-72)70(95)82-38-16-24-58(82)66(91)76-45(5)62(73)87)79-64(89)54(22-11-14-37-75-63(88)53-21-10-13-36-74-53)78-67(92)60(40-47-27-32-51(85)33-28-47)81(6)68(93)57(42-84)80-65(90)55(41-49-19-15-18-48-17-7-8-20-52(48)49)77-61(86)34-29-46-25-30-50(71)31-26-46/h7-8,10,13,15,17-21,25-28,30-33,36,43-45,54-60,84-85H,9,11-12,14,16,22-24,29,34-35,37-42,72H2,1-6H3,(H2,73,87)(H,75,88)(H,76,91)(H,77,86)(H,78,92)(H,79,89)(H,80,90). The molecule has 25 heteroatoms. The Morgan fingerprint density at radius 3 is 2.00 bits per heavy atom. The van der Waals surface area contributed by atoms with Crippen molar-refractivity contribution in [2.75, 3.05) is 33.3 Å². The van der Waals surface area contributed by atoms with Crippen molar-refractivity contribution in [3.8, 4) is 5.75 Å². The number of phenolic OH excluding ortho intramolecular Hbond substituents is 1. The molecule has 0 aliphatic carbocycles. The van der Waals surface area contributed by atoms with Crippen LogP contribution in [-0.4, -0.2) is 177 Å². The molecule has 2 heterocycles. The highest BCUT2D eigenvalue weighted by Crippen LogP contribution is 2.26. The summed E-state index contributed by atoms with van der Waals surface area (Å²) in [5, 5.41) is 39.5. The van der Waals surface area contributed by atoms with Gasteiger partial charge in [-0.25, -0.2) is 4.39 Å². The molecule has 1 aliphatic rings. The van der Waals surface area contributed by atoms with Crippen LogP contribution in [0.25, 0.3) is 10.8 Å². The molecule has 0 bridgehead atoms. The summed E-state index contributed by atoms with van der Waals surface area (Å²) in [5.41, 5.74) is 13.4. The zero-order valence-corrected chi connectivity index (χ0v) is 55.1. The third-order valence-electron chi connectivity index (χ3n) is 16.8. The topological polar surface area (TPSA) is 358 Å². The number of hydrogen-bond donors (Lipinski definition) is 10. The van der Waals surface area contributed by atoms with Crippen LogP contribution in [0, 0.1) is 11.7 Å². The largest absolute Gasteiger partial charge is 0.508 e. The van der Waals surface area contributed by atoms with E-state index in [2.05, 4.69) is 36.9 Å². The summed E-state index contributed by atoms with van der Waals surface area (Å²) in [6.45, 7) is 8.24. The summed E-state index contributed by atoms with van der Waals surface area (Å²) < 4.78 is 13.7. The number of hydrogen-bond acceptors (Lipinski definition) is 14. The van der Waals surface area contributed by atoms with E-state index < -0.39 is 126 Å². The lowest BCUT2D eigenvalue weighted by atomic mass is 9.97. The van der Waals surface area contributed by atoms with Crippen molar-refractivity contribution >= 4 is 69.8 Å². The molecule has 1 aliphatic heterocycles. The Morgan fingerprint density at radius 2 is 1.34 bits per heavy atom. The number of aliphatic hydroxyl groups is 1. The number of phenols is 1. The molecule has 12 N–H and O–H groups in total. The van der Waals surface area contributed by atoms with Gasteiger partial charge >= 0.3 is 0 Å². The van der Waals surface area contributed by atoms with Gasteiger partial charge in [-0.05, 0) is 161 Å². The maximum absolute atomic E-state index is 15.4. The quantitative estimate of drug-likeness (QED) is 0.0256. The molecule has 0 saturated carbocycles. The molecule has 95 heavy (non-hydrogen) atoms. The molecule has 10 amide bonds. The van der Waals surface area contributed by atoms with Gasteiger partial charge in [0, 0.05) is 51.6 Å². The van der Waals surface area contributed by atoms with Crippen molar-refractivity contribution in [2.45, 2.75) is 172 Å². The fourth-order valence-corrected chi connectivity index (χ4v) is 11.6. The van der Waals surface area contributed by atoms with E-state index >= 15 is 14.4 Å². The van der Waals surface area contributed by atoms with Crippen molar-refractivity contribution in [3.63, 3.8) is 0 Å². The minimum absolute atomic E-state index is 0.0461. The summed E-state index contributed by atoms with van der Waals surface area (Å²) in [7, 11) is 1.29. The Bertz CT molecular complexity index is 3410. The lowest BCUT2D eigenvalue weighted by molar-refractivity contribution is -0.152. The molecule has 4 aromatic carbocycles. The van der Waals surface area contributed by atoms with E-state index in [1.165, 1.54) is 66.4 Å². The number of amides is 10. The summed E-state index contributed by atoms with van der Waals surface area (Å²) >= 11 is 0. The van der Waals surface area contributed by atoms with E-state index in [4.69, 9.17) is 11.5 Å². The number of halogens is 1. The average molecular weight is 1310 g/mol. The molecule has 24 nitrogen and oxygen atoms in total. The number of primary amides is 1. The first kappa shape index (κ1) is 74.7. The summed E-state index contributed by atoms with van der Waals surface area (Å²) in [4.78, 5) is 150. The number of benzene rings is 4. The number of aromatic nitrogens is 1. The Kier molecular flexibility index (Phi) is 29.0. The van der Waals surface area contributed by atoms with Gasteiger partial charge in [-0.2, -0.15) is 0 Å². The van der Waals surface area contributed by atoms with Gasteiger partial charge in [0.1, 0.15) is 65.6 Å². The normalized spacial score (nSPS) is 15.1. The Hall–Kier alpha value is -9.36. The smallest absolute Gasteiger partial charge is 0.269 e. The summed E-state index contributed by atoms with van der Waals surface area (Å²) in [6, 6.07) is 18.3. The van der Waals surface area contributed by atoms with Crippen molar-refractivity contribution in [3.05, 3.63) is 144 Å². The first-order valence-electron chi connectivity index (χ1n) is 32.6. The second-order valence-electron chi connectivity index (χ2n) is 24.8. The zero-order chi connectivity index (χ0) is 69.3. The van der Waals surface area contributed by atoms with Crippen LogP contribution in [0.5, 0.6) is 5.75 Å². The molecular weight excluding hydrogens is 1220 g/mol. The van der Waals surface area contributed by atoms with Gasteiger partial charge in [0.15, 0.2) is 0 Å². The summed E-state index contributed by atoms with van der Waals surface area (Å²) in [5.74, 6) is -7.66. The first-order valence-corrected chi connectivity index (χ1v) is 32.6. The fraction of sp³-hybridized carbons (Fsp3) is 0.471. The number of nitrogens with two attached hydrogens (primary N) is 2. The summed E-state index contributed by atoms with van der Waals surface area (Å²) in [6.07, 6.45) is 3.65. The van der Waals surface area contributed by atoms with Gasteiger partial charge in [-0.15, -0.1) is 0 Å². The van der Waals surface area contributed by atoms with E-state index in [0.29, 0.717) is 55.3 Å². The number of aryl methyl sites for hydroxylation is 1. The van der Waals surface area contributed by atoms with Gasteiger partial charge in [-0.3, -0.25) is 52.9 Å². The van der Waals surface area contributed by atoms with Crippen LogP contribution in [0.3, 0.4) is 0 Å². The first-order chi connectivity index (χ1) is 45.4. The number of nitrogens with one attached hydrogen (secondary N) is 6. The predicted octanol–water partition coefficient (Wildman–Crippen LogP) is 3.62. The molecule has 1 fully saturated rings. The molecule has 8 atom stereocenters. The molecule has 6 rings (SSSR count). The molecule has 5 aromatic rings. The predicted molar refractivity (Wildman–Crippen MR) is 356 cm³/mol. The highest BCUT2D eigenvalue weighted by molar-refractivity contribution is 5.99. The SMILES string of the molecule is CC(C)CC(NC(=O)C(CCCCNC(=O)c1ccccn1)NC(=O)C(Cc1ccc(O)cc1)N(C)C(=O)C(CO)NC(=O)C(Cc1cccc2ccccc12)NC(=O)CCc1ccc(F)cc1)C(=O)N(C(C)C)C(CCCCN)C(=O)N1CCCC1C(=O)NC(C)C(N)=O. The number of fused-ring (bicyclic) bond motifs is 1. The van der Waals surface area contributed by atoms with Crippen LogP contribution in [0.4, 0.5) is 4.39 Å². The number of likely N-dealkylation sites (tertiary alicyclic amines) is 1.